The number of piperazine rings is 1. The van der Waals surface area contributed by atoms with Crippen LogP contribution in [0.3, 0.4) is 0 Å². The number of phenolic OH excluding ortho intramolecular Hbond substituents is 1. The van der Waals surface area contributed by atoms with Gasteiger partial charge in [0.1, 0.15) is 18.1 Å². The molecule has 136 valence electrons. The SMILES string of the molecule is CC1=C(C(=O)N2CCN(C)CC2)C(c2ccc(O)cc2)n2ncnc2N1. The highest BCUT2D eigenvalue weighted by atomic mass is 16.3. The van der Waals surface area contributed by atoms with Gasteiger partial charge in [0.15, 0.2) is 0 Å². The number of nitrogens with one attached hydrogen (secondary N) is 1. The molecule has 2 aromatic rings. The van der Waals surface area contributed by atoms with Gasteiger partial charge in [-0.05, 0) is 31.7 Å². The molecule has 1 saturated heterocycles. The number of nitrogens with zero attached hydrogens (tertiary/aromatic N) is 5. The molecule has 0 radical (unpaired) electrons. The molecule has 1 fully saturated rings. The third-order valence-electron chi connectivity index (χ3n) is 5.02. The summed E-state index contributed by atoms with van der Waals surface area (Å²) < 4.78 is 1.72. The molecule has 0 saturated carbocycles. The van der Waals surface area contributed by atoms with Crippen molar-refractivity contribution in [3.63, 3.8) is 0 Å². The molecule has 3 heterocycles. The molecule has 2 aliphatic heterocycles. The topological polar surface area (TPSA) is 86.5 Å². The standard InChI is InChI=1S/C18H22N6O2/c1-12-15(17(26)23-9-7-22(2)8-10-23)16(13-3-5-14(25)6-4-13)24-18(21-12)19-11-20-24/h3-6,11,16,25H,7-10H2,1-2H3,(H,19,20,21). The van der Waals surface area contributed by atoms with E-state index in [0.717, 1.165) is 24.4 Å². The molecule has 1 atom stereocenters. The van der Waals surface area contributed by atoms with Gasteiger partial charge in [-0.1, -0.05) is 12.1 Å². The van der Waals surface area contributed by atoms with E-state index < -0.39 is 0 Å². The fourth-order valence-electron chi connectivity index (χ4n) is 3.51. The second-order valence-electron chi connectivity index (χ2n) is 6.78. The largest absolute Gasteiger partial charge is 0.508 e. The molecule has 1 aromatic carbocycles. The van der Waals surface area contributed by atoms with Crippen molar-refractivity contribution in [3.8, 4) is 5.75 Å². The van der Waals surface area contributed by atoms with Crippen molar-refractivity contribution in [2.24, 2.45) is 0 Å². The van der Waals surface area contributed by atoms with Crippen LogP contribution in [0.4, 0.5) is 5.95 Å². The number of hydrogen-bond donors (Lipinski definition) is 2. The van der Waals surface area contributed by atoms with E-state index in [9.17, 15) is 9.90 Å². The maximum atomic E-state index is 13.4. The molecule has 2 aliphatic rings. The van der Waals surface area contributed by atoms with E-state index in [1.807, 2.05) is 24.0 Å². The fraction of sp³-hybridized carbons (Fsp3) is 0.389. The van der Waals surface area contributed by atoms with Crippen molar-refractivity contribution in [3.05, 3.63) is 47.4 Å². The number of aromatic nitrogens is 3. The number of phenols is 1. The minimum Gasteiger partial charge on any atom is -0.508 e. The average Bonchev–Trinajstić information content (AvgIpc) is 3.09. The van der Waals surface area contributed by atoms with Gasteiger partial charge >= 0.3 is 0 Å². The molecule has 0 aliphatic carbocycles. The van der Waals surface area contributed by atoms with Crippen molar-refractivity contribution in [2.45, 2.75) is 13.0 Å². The Morgan fingerprint density at radius 3 is 2.58 bits per heavy atom. The summed E-state index contributed by atoms with van der Waals surface area (Å²) in [6.45, 7) is 5.04. The first kappa shape index (κ1) is 16.6. The molecular weight excluding hydrogens is 332 g/mol. The molecule has 4 rings (SSSR count). The maximum Gasteiger partial charge on any atom is 0.254 e. The third kappa shape index (κ3) is 2.82. The Labute approximate surface area is 151 Å². The second kappa shape index (κ2) is 6.45. The summed E-state index contributed by atoms with van der Waals surface area (Å²) in [6.07, 6.45) is 1.48. The summed E-state index contributed by atoms with van der Waals surface area (Å²) in [5.74, 6) is 0.812. The van der Waals surface area contributed by atoms with Gasteiger partial charge in [-0.25, -0.2) is 4.68 Å². The minimum atomic E-state index is -0.374. The number of amides is 1. The first-order chi connectivity index (χ1) is 12.5. The highest BCUT2D eigenvalue weighted by Crippen LogP contribution is 2.36. The van der Waals surface area contributed by atoms with Crippen LogP contribution in [0.5, 0.6) is 5.75 Å². The zero-order valence-corrected chi connectivity index (χ0v) is 14.9. The highest BCUT2D eigenvalue weighted by Gasteiger charge is 2.36. The molecule has 0 spiro atoms. The number of allylic oxidation sites excluding steroid dienone is 1. The van der Waals surface area contributed by atoms with Crippen molar-refractivity contribution < 1.29 is 9.90 Å². The summed E-state index contributed by atoms with van der Waals surface area (Å²) >= 11 is 0. The van der Waals surface area contributed by atoms with Crippen LogP contribution in [-0.2, 0) is 4.79 Å². The number of carbonyl (C=O) groups excluding carboxylic acids is 1. The Kier molecular flexibility index (Phi) is 4.12. The number of likely N-dealkylation sites (N-methyl/N-ethyl adjacent to an activating group) is 1. The van der Waals surface area contributed by atoms with Crippen LogP contribution in [0.2, 0.25) is 0 Å². The highest BCUT2D eigenvalue weighted by molar-refractivity contribution is 5.96. The van der Waals surface area contributed by atoms with Crippen LogP contribution in [0.25, 0.3) is 0 Å². The van der Waals surface area contributed by atoms with Crippen LogP contribution in [0.1, 0.15) is 18.5 Å². The molecule has 1 unspecified atom stereocenters. The maximum absolute atomic E-state index is 13.4. The van der Waals surface area contributed by atoms with Gasteiger partial charge in [0.2, 0.25) is 5.95 Å². The van der Waals surface area contributed by atoms with Crippen molar-refractivity contribution >= 4 is 11.9 Å². The Bertz CT molecular complexity index is 849. The smallest absolute Gasteiger partial charge is 0.254 e. The van der Waals surface area contributed by atoms with Crippen molar-refractivity contribution in [1.82, 2.24) is 24.6 Å². The fourth-order valence-corrected chi connectivity index (χ4v) is 3.51. The molecule has 0 bridgehead atoms. The molecule has 8 nitrogen and oxygen atoms in total. The molecule has 1 amide bonds. The zero-order valence-electron chi connectivity index (χ0n) is 14.9. The number of rotatable bonds is 2. The minimum absolute atomic E-state index is 0.0160. The Hall–Kier alpha value is -2.87. The van der Waals surface area contributed by atoms with E-state index in [2.05, 4.69) is 27.3 Å². The number of fused-ring (bicyclic) bond motifs is 1. The molecule has 26 heavy (non-hydrogen) atoms. The molecule has 8 heteroatoms. The Morgan fingerprint density at radius 2 is 1.88 bits per heavy atom. The lowest BCUT2D eigenvalue weighted by molar-refractivity contribution is -0.129. The number of hydrogen-bond acceptors (Lipinski definition) is 6. The second-order valence-corrected chi connectivity index (χ2v) is 6.78. The van der Waals surface area contributed by atoms with E-state index in [1.54, 1.807) is 16.8 Å². The van der Waals surface area contributed by atoms with Gasteiger partial charge in [-0.2, -0.15) is 10.1 Å². The summed E-state index contributed by atoms with van der Waals surface area (Å²) in [7, 11) is 2.06. The monoisotopic (exact) mass is 354 g/mol. The van der Waals surface area contributed by atoms with Crippen LogP contribution in [0, 0.1) is 0 Å². The lowest BCUT2D eigenvalue weighted by Gasteiger charge is -2.36. The lowest BCUT2D eigenvalue weighted by Crippen LogP contribution is -2.49. The summed E-state index contributed by atoms with van der Waals surface area (Å²) in [5, 5.41) is 17.1. The first-order valence-corrected chi connectivity index (χ1v) is 8.68. The van der Waals surface area contributed by atoms with Crippen molar-refractivity contribution in [1.29, 1.82) is 0 Å². The number of benzene rings is 1. The first-order valence-electron chi connectivity index (χ1n) is 8.68. The normalized spacial score (nSPS) is 20.7. The Balaban J connectivity index is 1.75. The van der Waals surface area contributed by atoms with E-state index in [4.69, 9.17) is 0 Å². The van der Waals surface area contributed by atoms with Gasteiger partial charge in [-0.3, -0.25) is 4.79 Å². The molecule has 2 N–H and O–H groups in total. The van der Waals surface area contributed by atoms with Gasteiger partial charge in [-0.15, -0.1) is 0 Å². The van der Waals surface area contributed by atoms with Gasteiger partial charge in [0, 0.05) is 31.9 Å². The van der Waals surface area contributed by atoms with Gasteiger partial charge in [0.25, 0.3) is 5.91 Å². The van der Waals surface area contributed by atoms with Gasteiger partial charge in [0.05, 0.1) is 5.57 Å². The van der Waals surface area contributed by atoms with E-state index in [1.165, 1.54) is 6.33 Å². The number of aromatic hydroxyl groups is 1. The van der Waals surface area contributed by atoms with Crippen LogP contribution in [0.15, 0.2) is 41.9 Å². The Morgan fingerprint density at radius 1 is 1.19 bits per heavy atom. The van der Waals surface area contributed by atoms with Crippen molar-refractivity contribution in [2.75, 3.05) is 38.5 Å². The van der Waals surface area contributed by atoms with E-state index in [-0.39, 0.29) is 17.7 Å². The van der Waals surface area contributed by atoms with Crippen LogP contribution >= 0.6 is 0 Å². The summed E-state index contributed by atoms with van der Waals surface area (Å²) in [6, 6.07) is 6.52. The van der Waals surface area contributed by atoms with E-state index in [0.29, 0.717) is 24.6 Å². The van der Waals surface area contributed by atoms with Crippen LogP contribution in [-0.4, -0.2) is 68.8 Å². The predicted octanol–water partition coefficient (Wildman–Crippen LogP) is 1.05. The van der Waals surface area contributed by atoms with Gasteiger partial charge < -0.3 is 20.2 Å². The molecule has 1 aromatic heterocycles. The third-order valence-corrected chi connectivity index (χ3v) is 5.02. The predicted molar refractivity (Wildman–Crippen MR) is 96.7 cm³/mol. The zero-order chi connectivity index (χ0) is 18.3. The van der Waals surface area contributed by atoms with E-state index >= 15 is 0 Å². The number of carbonyl (C=O) groups is 1. The van der Waals surface area contributed by atoms with Crippen LogP contribution < -0.4 is 5.32 Å². The average molecular weight is 354 g/mol. The summed E-state index contributed by atoms with van der Waals surface area (Å²) in [5.41, 5.74) is 2.33. The lowest BCUT2D eigenvalue weighted by atomic mass is 9.94. The quantitative estimate of drug-likeness (QED) is 0.838. The number of anilines is 1. The summed E-state index contributed by atoms with van der Waals surface area (Å²) in [4.78, 5) is 21.7. The molecular formula is C18H22N6O2.